The number of hydrogen-bond acceptors (Lipinski definition) is 2. The molecule has 1 aromatic carbocycles. The van der Waals surface area contributed by atoms with Crippen molar-refractivity contribution in [3.63, 3.8) is 0 Å². The second-order valence-corrected chi connectivity index (χ2v) is 4.25. The fourth-order valence-corrected chi connectivity index (χ4v) is 2.21. The van der Waals surface area contributed by atoms with Crippen molar-refractivity contribution in [3.05, 3.63) is 38.9 Å². The van der Waals surface area contributed by atoms with Crippen molar-refractivity contribution in [2.75, 3.05) is 0 Å². The Kier molecular flexibility index (Phi) is 2.72. The molecule has 84 valence electrons. The van der Waals surface area contributed by atoms with Crippen LogP contribution in [-0.2, 0) is 6.54 Å². The Morgan fingerprint density at radius 1 is 1.38 bits per heavy atom. The van der Waals surface area contributed by atoms with Crippen molar-refractivity contribution in [1.82, 2.24) is 9.55 Å². The summed E-state index contributed by atoms with van der Waals surface area (Å²) >= 11 is 5.97. The number of aromatic nitrogens is 2. The molecule has 0 radical (unpaired) electrons. The molecule has 2 aromatic rings. The smallest absolute Gasteiger partial charge is 0.262 e. The van der Waals surface area contributed by atoms with Gasteiger partial charge in [-0.15, -0.1) is 0 Å². The summed E-state index contributed by atoms with van der Waals surface area (Å²) in [7, 11) is 0. The lowest BCUT2D eigenvalue weighted by Gasteiger charge is -2.08. The molecule has 0 saturated carbocycles. The SMILES string of the molecule is CCn1c(Cl)nc2c(C)cc(C)cc2c1=O. The summed E-state index contributed by atoms with van der Waals surface area (Å²) in [5.74, 6) is 0. The highest BCUT2D eigenvalue weighted by Gasteiger charge is 2.10. The minimum Gasteiger partial charge on any atom is -0.283 e. The quantitative estimate of drug-likeness (QED) is 0.714. The molecule has 0 fully saturated rings. The summed E-state index contributed by atoms with van der Waals surface area (Å²) in [6, 6.07) is 3.86. The number of benzene rings is 1. The minimum atomic E-state index is -0.0655. The van der Waals surface area contributed by atoms with E-state index in [9.17, 15) is 4.79 Å². The first-order valence-electron chi connectivity index (χ1n) is 5.22. The van der Waals surface area contributed by atoms with Gasteiger partial charge in [-0.05, 0) is 49.6 Å². The van der Waals surface area contributed by atoms with E-state index < -0.39 is 0 Å². The zero-order valence-corrected chi connectivity index (χ0v) is 10.3. The zero-order valence-electron chi connectivity index (χ0n) is 9.54. The third-order valence-corrected chi connectivity index (χ3v) is 2.95. The maximum absolute atomic E-state index is 12.1. The number of halogens is 1. The molecule has 0 bridgehead atoms. The predicted octanol–water partition coefficient (Wildman–Crippen LogP) is 2.69. The Morgan fingerprint density at radius 2 is 2.06 bits per heavy atom. The van der Waals surface area contributed by atoms with Gasteiger partial charge in [-0.2, -0.15) is 0 Å². The molecule has 0 aliphatic heterocycles. The van der Waals surface area contributed by atoms with Crippen molar-refractivity contribution in [2.45, 2.75) is 27.3 Å². The first kappa shape index (κ1) is 11.1. The fraction of sp³-hybridized carbons (Fsp3) is 0.333. The van der Waals surface area contributed by atoms with Gasteiger partial charge in [-0.3, -0.25) is 9.36 Å². The van der Waals surface area contributed by atoms with Crippen LogP contribution >= 0.6 is 11.6 Å². The van der Waals surface area contributed by atoms with E-state index in [1.807, 2.05) is 32.9 Å². The molecule has 0 N–H and O–H groups in total. The number of fused-ring (bicyclic) bond motifs is 1. The van der Waals surface area contributed by atoms with E-state index >= 15 is 0 Å². The second kappa shape index (κ2) is 3.91. The Labute approximate surface area is 98.7 Å². The van der Waals surface area contributed by atoms with Gasteiger partial charge in [0.2, 0.25) is 5.28 Å². The van der Waals surface area contributed by atoms with Crippen LogP contribution in [0.25, 0.3) is 10.9 Å². The van der Waals surface area contributed by atoms with Crippen LogP contribution in [0.2, 0.25) is 5.28 Å². The summed E-state index contributed by atoms with van der Waals surface area (Å²) in [4.78, 5) is 16.4. The Hall–Kier alpha value is -1.35. The summed E-state index contributed by atoms with van der Waals surface area (Å²) in [6.07, 6.45) is 0. The highest BCUT2D eigenvalue weighted by Crippen LogP contribution is 2.17. The molecule has 4 heteroatoms. The monoisotopic (exact) mass is 236 g/mol. The van der Waals surface area contributed by atoms with Crippen molar-refractivity contribution in [1.29, 1.82) is 0 Å². The van der Waals surface area contributed by atoms with Gasteiger partial charge >= 0.3 is 0 Å². The summed E-state index contributed by atoms with van der Waals surface area (Å²) in [5.41, 5.74) is 2.68. The number of nitrogens with zero attached hydrogens (tertiary/aromatic N) is 2. The van der Waals surface area contributed by atoms with E-state index in [1.54, 1.807) is 0 Å². The number of hydrogen-bond donors (Lipinski definition) is 0. The molecule has 2 rings (SSSR count). The lowest BCUT2D eigenvalue weighted by atomic mass is 10.1. The van der Waals surface area contributed by atoms with Gasteiger partial charge in [-0.1, -0.05) is 6.07 Å². The summed E-state index contributed by atoms with van der Waals surface area (Å²) in [6.45, 7) is 6.32. The molecule has 1 aromatic heterocycles. The van der Waals surface area contributed by atoms with Gasteiger partial charge in [0.1, 0.15) is 0 Å². The molecule has 0 saturated heterocycles. The molecule has 0 amide bonds. The third kappa shape index (κ3) is 1.61. The molecule has 0 unspecified atom stereocenters. The molecule has 0 atom stereocenters. The molecule has 1 heterocycles. The molecule has 3 nitrogen and oxygen atoms in total. The highest BCUT2D eigenvalue weighted by molar-refractivity contribution is 6.28. The maximum atomic E-state index is 12.1. The van der Waals surface area contributed by atoms with E-state index in [0.717, 1.165) is 11.1 Å². The Balaban J connectivity index is 2.99. The normalized spacial score (nSPS) is 11.0. The van der Waals surface area contributed by atoms with Crippen molar-refractivity contribution < 1.29 is 0 Å². The van der Waals surface area contributed by atoms with Gasteiger partial charge < -0.3 is 0 Å². The van der Waals surface area contributed by atoms with Crippen LogP contribution in [0.5, 0.6) is 0 Å². The van der Waals surface area contributed by atoms with E-state index in [2.05, 4.69) is 4.98 Å². The first-order chi connectivity index (χ1) is 7.54. The number of rotatable bonds is 1. The largest absolute Gasteiger partial charge is 0.283 e. The lowest BCUT2D eigenvalue weighted by molar-refractivity contribution is 0.718. The van der Waals surface area contributed by atoms with E-state index in [1.165, 1.54) is 4.57 Å². The maximum Gasteiger partial charge on any atom is 0.262 e. The highest BCUT2D eigenvalue weighted by atomic mass is 35.5. The molecular weight excluding hydrogens is 224 g/mol. The summed E-state index contributed by atoms with van der Waals surface area (Å²) in [5, 5.41) is 0.899. The Bertz CT molecular complexity index is 616. The van der Waals surface area contributed by atoms with Gasteiger partial charge in [-0.25, -0.2) is 4.98 Å². The standard InChI is InChI=1S/C12H13ClN2O/c1-4-15-11(16)9-6-7(2)5-8(3)10(9)14-12(15)13/h5-6H,4H2,1-3H3. The lowest BCUT2D eigenvalue weighted by Crippen LogP contribution is -2.21. The predicted molar refractivity (Wildman–Crippen MR) is 66.2 cm³/mol. The second-order valence-electron chi connectivity index (χ2n) is 3.91. The van der Waals surface area contributed by atoms with Crippen molar-refractivity contribution in [3.8, 4) is 0 Å². The van der Waals surface area contributed by atoms with Crippen LogP contribution in [-0.4, -0.2) is 9.55 Å². The molecule has 16 heavy (non-hydrogen) atoms. The molecule has 0 spiro atoms. The first-order valence-corrected chi connectivity index (χ1v) is 5.59. The van der Waals surface area contributed by atoms with Crippen LogP contribution in [0.4, 0.5) is 0 Å². The molecule has 0 aliphatic carbocycles. The van der Waals surface area contributed by atoms with Crippen molar-refractivity contribution in [2.24, 2.45) is 0 Å². The molecular formula is C12H13ClN2O. The van der Waals surface area contributed by atoms with E-state index in [-0.39, 0.29) is 10.8 Å². The van der Waals surface area contributed by atoms with Crippen LogP contribution in [0.15, 0.2) is 16.9 Å². The van der Waals surface area contributed by atoms with Crippen LogP contribution < -0.4 is 5.56 Å². The topological polar surface area (TPSA) is 34.9 Å². The van der Waals surface area contributed by atoms with E-state index in [0.29, 0.717) is 17.4 Å². The van der Waals surface area contributed by atoms with Gasteiger partial charge in [0.25, 0.3) is 5.56 Å². The average Bonchev–Trinajstić information content (AvgIpc) is 2.21. The minimum absolute atomic E-state index is 0.0655. The third-order valence-electron chi connectivity index (χ3n) is 2.66. The zero-order chi connectivity index (χ0) is 11.9. The van der Waals surface area contributed by atoms with Crippen LogP contribution in [0.1, 0.15) is 18.1 Å². The fourth-order valence-electron chi connectivity index (χ4n) is 1.93. The van der Waals surface area contributed by atoms with Gasteiger partial charge in [0, 0.05) is 6.54 Å². The van der Waals surface area contributed by atoms with Gasteiger partial charge in [0.05, 0.1) is 10.9 Å². The van der Waals surface area contributed by atoms with Crippen LogP contribution in [0.3, 0.4) is 0 Å². The number of aryl methyl sites for hydroxylation is 2. The van der Waals surface area contributed by atoms with Crippen molar-refractivity contribution >= 4 is 22.5 Å². The van der Waals surface area contributed by atoms with E-state index in [4.69, 9.17) is 11.6 Å². The Morgan fingerprint density at radius 3 is 2.69 bits per heavy atom. The van der Waals surface area contributed by atoms with Crippen LogP contribution in [0, 0.1) is 13.8 Å². The summed E-state index contributed by atoms with van der Waals surface area (Å²) < 4.78 is 1.47. The van der Waals surface area contributed by atoms with Gasteiger partial charge in [0.15, 0.2) is 0 Å². The molecule has 0 aliphatic rings. The average molecular weight is 237 g/mol.